The van der Waals surface area contributed by atoms with Crippen LogP contribution in [0, 0.1) is 0 Å². The SMILES string of the molecule is CCOC(=O)C1C(=O)OCc2c1cc1n(c2=O)CCC12OCCO2. The highest BCUT2D eigenvalue weighted by atomic mass is 16.7. The van der Waals surface area contributed by atoms with E-state index in [0.29, 0.717) is 43.0 Å². The molecule has 0 aliphatic carbocycles. The van der Waals surface area contributed by atoms with Crippen LogP contribution in [-0.2, 0) is 47.5 Å². The fraction of sp³-hybridized carbons (Fsp3) is 0.562. The summed E-state index contributed by atoms with van der Waals surface area (Å²) >= 11 is 0. The van der Waals surface area contributed by atoms with E-state index in [1.807, 2.05) is 0 Å². The van der Waals surface area contributed by atoms with Crippen LogP contribution in [0.5, 0.6) is 0 Å². The summed E-state index contributed by atoms with van der Waals surface area (Å²) in [6, 6.07) is 1.66. The molecule has 4 rings (SSSR count). The minimum absolute atomic E-state index is 0.137. The van der Waals surface area contributed by atoms with Crippen molar-refractivity contribution in [3.05, 3.63) is 33.2 Å². The first-order valence-corrected chi connectivity index (χ1v) is 7.95. The summed E-state index contributed by atoms with van der Waals surface area (Å²) in [6.07, 6.45) is 0.518. The molecule has 1 spiro atoms. The molecule has 0 radical (unpaired) electrons. The second-order valence-corrected chi connectivity index (χ2v) is 5.91. The zero-order valence-corrected chi connectivity index (χ0v) is 13.2. The van der Waals surface area contributed by atoms with Crippen molar-refractivity contribution in [1.29, 1.82) is 0 Å². The number of ether oxygens (including phenoxy) is 4. The molecule has 0 saturated carbocycles. The molecule has 3 aliphatic heterocycles. The van der Waals surface area contributed by atoms with Gasteiger partial charge in [-0.25, -0.2) is 0 Å². The Kier molecular flexibility index (Phi) is 3.47. The van der Waals surface area contributed by atoms with Gasteiger partial charge in [0.1, 0.15) is 6.61 Å². The standard InChI is InChI=1S/C16H17NO7/c1-2-21-14(19)12-9-7-11-16(23-5-6-24-16)3-4-17(11)13(18)10(9)8-22-15(12)20/h7,12H,2-6,8H2,1H3. The predicted octanol–water partition coefficient (Wildman–Crippen LogP) is 0.155. The fourth-order valence-electron chi connectivity index (χ4n) is 3.58. The quantitative estimate of drug-likeness (QED) is 0.561. The molecule has 128 valence electrons. The lowest BCUT2D eigenvalue weighted by molar-refractivity contribution is -0.164. The fourth-order valence-corrected chi connectivity index (χ4v) is 3.58. The molecule has 24 heavy (non-hydrogen) atoms. The maximum atomic E-state index is 12.8. The first-order chi connectivity index (χ1) is 11.6. The van der Waals surface area contributed by atoms with Crippen molar-refractivity contribution < 1.29 is 28.5 Å². The van der Waals surface area contributed by atoms with Gasteiger partial charge in [0.05, 0.1) is 31.1 Å². The molecule has 0 aromatic carbocycles. The number of pyridine rings is 1. The van der Waals surface area contributed by atoms with Crippen LogP contribution in [-0.4, -0.2) is 36.3 Å². The number of esters is 2. The molecule has 3 aliphatic rings. The third-order valence-corrected chi connectivity index (χ3v) is 4.67. The Morgan fingerprint density at radius 1 is 1.38 bits per heavy atom. The van der Waals surface area contributed by atoms with E-state index in [2.05, 4.69) is 0 Å². The van der Waals surface area contributed by atoms with Crippen LogP contribution in [0.2, 0.25) is 0 Å². The molecule has 1 fully saturated rings. The first-order valence-electron chi connectivity index (χ1n) is 7.95. The molecule has 8 heteroatoms. The second-order valence-electron chi connectivity index (χ2n) is 5.91. The van der Waals surface area contributed by atoms with Crippen molar-refractivity contribution in [3.63, 3.8) is 0 Å². The third-order valence-electron chi connectivity index (χ3n) is 4.67. The van der Waals surface area contributed by atoms with Crippen molar-refractivity contribution in [2.45, 2.75) is 38.2 Å². The average Bonchev–Trinajstić information content (AvgIpc) is 3.17. The van der Waals surface area contributed by atoms with Gasteiger partial charge < -0.3 is 23.5 Å². The summed E-state index contributed by atoms with van der Waals surface area (Å²) < 4.78 is 23.0. The molecule has 1 saturated heterocycles. The number of aromatic nitrogens is 1. The Balaban J connectivity index is 1.88. The van der Waals surface area contributed by atoms with E-state index in [-0.39, 0.29) is 18.8 Å². The maximum Gasteiger partial charge on any atom is 0.325 e. The van der Waals surface area contributed by atoms with E-state index in [9.17, 15) is 14.4 Å². The van der Waals surface area contributed by atoms with Crippen molar-refractivity contribution >= 4 is 11.9 Å². The van der Waals surface area contributed by atoms with E-state index in [1.54, 1.807) is 17.6 Å². The minimum atomic E-state index is -1.24. The summed E-state index contributed by atoms with van der Waals surface area (Å²) in [7, 11) is 0. The molecular weight excluding hydrogens is 318 g/mol. The number of hydrogen-bond acceptors (Lipinski definition) is 7. The maximum absolute atomic E-state index is 12.8. The number of nitrogens with zero attached hydrogens (tertiary/aromatic N) is 1. The molecule has 1 atom stereocenters. The van der Waals surface area contributed by atoms with Crippen molar-refractivity contribution in [2.24, 2.45) is 0 Å². The minimum Gasteiger partial charge on any atom is -0.465 e. The highest BCUT2D eigenvalue weighted by Crippen LogP contribution is 2.41. The number of rotatable bonds is 2. The molecule has 0 bridgehead atoms. The van der Waals surface area contributed by atoms with Crippen LogP contribution in [0.1, 0.15) is 36.1 Å². The Hall–Kier alpha value is -2.19. The normalized spacial score (nSPS) is 23.7. The first kappa shape index (κ1) is 15.3. The van der Waals surface area contributed by atoms with Crippen molar-refractivity contribution in [3.8, 4) is 0 Å². The summed E-state index contributed by atoms with van der Waals surface area (Å²) in [5.41, 5.74) is 0.917. The van der Waals surface area contributed by atoms with Gasteiger partial charge in [0.15, 0.2) is 5.92 Å². The molecule has 1 aromatic heterocycles. The molecule has 0 N–H and O–H groups in total. The Labute approximate surface area is 137 Å². The zero-order chi connectivity index (χ0) is 16.9. The van der Waals surface area contributed by atoms with E-state index in [0.717, 1.165) is 0 Å². The highest BCUT2D eigenvalue weighted by Gasteiger charge is 2.48. The molecule has 0 amide bonds. The molecular formula is C16H17NO7. The summed E-state index contributed by atoms with van der Waals surface area (Å²) in [4.78, 5) is 37.1. The number of carbonyl (C=O) groups is 2. The predicted molar refractivity (Wildman–Crippen MR) is 78.1 cm³/mol. The summed E-state index contributed by atoms with van der Waals surface area (Å²) in [5, 5.41) is 0. The van der Waals surface area contributed by atoms with E-state index >= 15 is 0 Å². The van der Waals surface area contributed by atoms with E-state index < -0.39 is 23.6 Å². The lowest BCUT2D eigenvalue weighted by Crippen LogP contribution is -2.37. The Morgan fingerprint density at radius 3 is 2.83 bits per heavy atom. The van der Waals surface area contributed by atoms with Crippen molar-refractivity contribution in [2.75, 3.05) is 19.8 Å². The molecule has 1 unspecified atom stereocenters. The van der Waals surface area contributed by atoms with Crippen LogP contribution < -0.4 is 5.56 Å². The number of hydrogen-bond donors (Lipinski definition) is 0. The van der Waals surface area contributed by atoms with Crippen LogP contribution in [0.15, 0.2) is 10.9 Å². The van der Waals surface area contributed by atoms with Gasteiger partial charge >= 0.3 is 11.9 Å². The van der Waals surface area contributed by atoms with Gasteiger partial charge in [0, 0.05) is 13.0 Å². The van der Waals surface area contributed by atoms with Crippen LogP contribution in [0.3, 0.4) is 0 Å². The third kappa shape index (κ3) is 2.03. The molecule has 8 nitrogen and oxygen atoms in total. The largest absolute Gasteiger partial charge is 0.465 e. The average molecular weight is 335 g/mol. The smallest absolute Gasteiger partial charge is 0.325 e. The molecule has 1 aromatic rings. The second kappa shape index (κ2) is 5.42. The summed E-state index contributed by atoms with van der Waals surface area (Å²) in [6.45, 7) is 2.98. The topological polar surface area (TPSA) is 93.1 Å². The lowest BCUT2D eigenvalue weighted by atomic mass is 9.92. The van der Waals surface area contributed by atoms with E-state index in [4.69, 9.17) is 18.9 Å². The highest BCUT2D eigenvalue weighted by molar-refractivity contribution is 6.01. The van der Waals surface area contributed by atoms with Gasteiger partial charge in [0.2, 0.25) is 5.79 Å². The van der Waals surface area contributed by atoms with Gasteiger partial charge in [-0.1, -0.05) is 0 Å². The number of carbonyl (C=O) groups excluding carboxylic acids is 2. The monoisotopic (exact) mass is 335 g/mol. The molecule has 4 heterocycles. The van der Waals surface area contributed by atoms with Crippen molar-refractivity contribution in [1.82, 2.24) is 4.57 Å². The lowest BCUT2D eigenvalue weighted by Gasteiger charge is -2.26. The number of fused-ring (bicyclic) bond motifs is 3. The van der Waals surface area contributed by atoms with Gasteiger partial charge in [-0.15, -0.1) is 0 Å². The van der Waals surface area contributed by atoms with Gasteiger partial charge in [-0.2, -0.15) is 0 Å². The Morgan fingerprint density at radius 2 is 2.12 bits per heavy atom. The van der Waals surface area contributed by atoms with Gasteiger partial charge in [-0.3, -0.25) is 14.4 Å². The zero-order valence-electron chi connectivity index (χ0n) is 13.2. The van der Waals surface area contributed by atoms with Crippen LogP contribution >= 0.6 is 0 Å². The van der Waals surface area contributed by atoms with Gasteiger partial charge in [-0.05, 0) is 18.6 Å². The van der Waals surface area contributed by atoms with E-state index in [1.165, 1.54) is 0 Å². The number of cyclic esters (lactones) is 1. The summed E-state index contributed by atoms with van der Waals surface area (Å²) in [5.74, 6) is -3.63. The van der Waals surface area contributed by atoms with Gasteiger partial charge in [0.25, 0.3) is 5.56 Å². The Bertz CT molecular complexity index is 775. The van der Waals surface area contributed by atoms with Crippen LogP contribution in [0.4, 0.5) is 0 Å². The van der Waals surface area contributed by atoms with Crippen LogP contribution in [0.25, 0.3) is 0 Å².